The highest BCUT2D eigenvalue weighted by molar-refractivity contribution is 7.91. The molecule has 3 aromatic carbocycles. The van der Waals surface area contributed by atoms with E-state index in [1.165, 1.54) is 6.26 Å². The van der Waals surface area contributed by atoms with Crippen molar-refractivity contribution in [2.45, 2.75) is 42.1 Å². The summed E-state index contributed by atoms with van der Waals surface area (Å²) in [5.74, 6) is 0.0307. The summed E-state index contributed by atoms with van der Waals surface area (Å²) in [5, 5.41) is 6.15. The van der Waals surface area contributed by atoms with E-state index in [1.54, 1.807) is 48.5 Å². The van der Waals surface area contributed by atoms with Crippen LogP contribution < -0.4 is 16.4 Å². The zero-order valence-electron chi connectivity index (χ0n) is 22.0. The molecule has 0 saturated heterocycles. The standard InChI is InChI=1S/C28H35N3O5S2/c1-19(2)17-26(28(32)30-18-29)31-27(23-11-15-25(16-12-23)38(4,35)36)22-7-5-20(6-8-22)21-9-13-24(14-10-21)37(3,33)34/h5-16,19,26-27,31H,17-18,29H2,1-4H3,(H,30,32)/t26-,27?/m0/s1. The molecule has 3 rings (SSSR count). The second-order valence-electron chi connectivity index (χ2n) is 9.79. The van der Waals surface area contributed by atoms with Crippen molar-refractivity contribution in [1.82, 2.24) is 10.6 Å². The molecule has 204 valence electrons. The Bertz CT molecular complexity index is 1450. The minimum absolute atomic E-state index is 0.0235. The van der Waals surface area contributed by atoms with Gasteiger partial charge in [0.25, 0.3) is 0 Å². The molecule has 0 bridgehead atoms. The fourth-order valence-corrected chi connectivity index (χ4v) is 5.46. The molecule has 0 saturated carbocycles. The van der Waals surface area contributed by atoms with Crippen LogP contribution in [0.25, 0.3) is 11.1 Å². The van der Waals surface area contributed by atoms with Crippen LogP contribution in [0.4, 0.5) is 0 Å². The lowest BCUT2D eigenvalue weighted by Crippen LogP contribution is -2.47. The number of carbonyl (C=O) groups excluding carboxylic acids is 1. The zero-order valence-corrected chi connectivity index (χ0v) is 23.6. The monoisotopic (exact) mass is 557 g/mol. The summed E-state index contributed by atoms with van der Waals surface area (Å²) in [4.78, 5) is 13.3. The van der Waals surface area contributed by atoms with E-state index in [4.69, 9.17) is 5.73 Å². The molecular formula is C28H35N3O5S2. The van der Waals surface area contributed by atoms with Gasteiger partial charge in [0.15, 0.2) is 19.7 Å². The highest BCUT2D eigenvalue weighted by Crippen LogP contribution is 2.28. The third-order valence-electron chi connectivity index (χ3n) is 6.17. The number of hydrogen-bond donors (Lipinski definition) is 3. The van der Waals surface area contributed by atoms with Crippen LogP contribution in [0.3, 0.4) is 0 Å². The smallest absolute Gasteiger partial charge is 0.238 e. The first-order chi connectivity index (χ1) is 17.8. The van der Waals surface area contributed by atoms with Crippen molar-refractivity contribution in [2.75, 3.05) is 19.2 Å². The second kappa shape index (κ2) is 12.2. The molecule has 1 unspecified atom stereocenters. The average molecular weight is 558 g/mol. The summed E-state index contributed by atoms with van der Waals surface area (Å²) in [6.07, 6.45) is 2.91. The lowest BCUT2D eigenvalue weighted by Gasteiger charge is -2.27. The summed E-state index contributed by atoms with van der Waals surface area (Å²) in [6, 6.07) is 20.1. The van der Waals surface area contributed by atoms with Gasteiger partial charge in [-0.2, -0.15) is 0 Å². The summed E-state index contributed by atoms with van der Waals surface area (Å²) in [7, 11) is -6.64. The van der Waals surface area contributed by atoms with Crippen LogP contribution in [0.5, 0.6) is 0 Å². The molecule has 4 N–H and O–H groups in total. The van der Waals surface area contributed by atoms with Gasteiger partial charge in [-0.1, -0.05) is 62.4 Å². The first-order valence-corrected chi connectivity index (χ1v) is 16.0. The van der Waals surface area contributed by atoms with E-state index in [0.29, 0.717) is 6.42 Å². The number of hydrogen-bond acceptors (Lipinski definition) is 7. The highest BCUT2D eigenvalue weighted by atomic mass is 32.2. The summed E-state index contributed by atoms with van der Waals surface area (Å²) in [6.45, 7) is 4.09. The molecule has 2 atom stereocenters. The Labute approximate surface area is 225 Å². The van der Waals surface area contributed by atoms with Gasteiger partial charge in [-0.15, -0.1) is 0 Å². The Hall–Kier alpha value is -3.05. The van der Waals surface area contributed by atoms with Gasteiger partial charge < -0.3 is 11.1 Å². The molecule has 8 nitrogen and oxygen atoms in total. The lowest BCUT2D eigenvalue weighted by molar-refractivity contribution is -0.123. The topological polar surface area (TPSA) is 135 Å². The minimum atomic E-state index is -3.35. The molecule has 0 fully saturated rings. The summed E-state index contributed by atoms with van der Waals surface area (Å²) >= 11 is 0. The van der Waals surface area contributed by atoms with Crippen molar-refractivity contribution in [3.63, 3.8) is 0 Å². The van der Waals surface area contributed by atoms with Crippen molar-refractivity contribution in [1.29, 1.82) is 0 Å². The van der Waals surface area contributed by atoms with Gasteiger partial charge in [0.05, 0.1) is 28.5 Å². The van der Waals surface area contributed by atoms with E-state index in [1.807, 2.05) is 38.1 Å². The molecule has 3 aromatic rings. The van der Waals surface area contributed by atoms with Gasteiger partial charge in [-0.05, 0) is 58.9 Å². The predicted octanol–water partition coefficient (Wildman–Crippen LogP) is 3.29. The largest absolute Gasteiger partial charge is 0.342 e. The minimum Gasteiger partial charge on any atom is -0.342 e. The van der Waals surface area contributed by atoms with E-state index >= 15 is 0 Å². The second-order valence-corrected chi connectivity index (χ2v) is 13.8. The van der Waals surface area contributed by atoms with E-state index in [0.717, 1.165) is 28.5 Å². The predicted molar refractivity (Wildman–Crippen MR) is 150 cm³/mol. The van der Waals surface area contributed by atoms with Crippen molar-refractivity contribution in [3.05, 3.63) is 83.9 Å². The van der Waals surface area contributed by atoms with Crippen LogP contribution in [0.15, 0.2) is 82.6 Å². The molecule has 0 aromatic heterocycles. The van der Waals surface area contributed by atoms with Crippen LogP contribution >= 0.6 is 0 Å². The normalized spacial score (nSPS) is 13.7. The maximum absolute atomic E-state index is 12.8. The number of carbonyl (C=O) groups is 1. The van der Waals surface area contributed by atoms with Crippen molar-refractivity contribution in [3.8, 4) is 11.1 Å². The molecule has 1 amide bonds. The molecule has 38 heavy (non-hydrogen) atoms. The first-order valence-electron chi connectivity index (χ1n) is 12.2. The molecule has 0 heterocycles. The Morgan fingerprint density at radius 2 is 1.13 bits per heavy atom. The molecule has 0 aliphatic rings. The average Bonchev–Trinajstić information content (AvgIpc) is 2.86. The van der Waals surface area contributed by atoms with Gasteiger partial charge in [0, 0.05) is 12.5 Å². The van der Waals surface area contributed by atoms with Crippen LogP contribution in [-0.2, 0) is 24.5 Å². The molecular weight excluding hydrogens is 522 g/mol. The fraction of sp³-hybridized carbons (Fsp3) is 0.321. The van der Waals surface area contributed by atoms with Gasteiger partial charge in [0.2, 0.25) is 5.91 Å². The molecule has 0 aliphatic heterocycles. The lowest BCUT2D eigenvalue weighted by atomic mass is 9.94. The molecule has 10 heteroatoms. The maximum atomic E-state index is 12.8. The van der Waals surface area contributed by atoms with Crippen molar-refractivity contribution >= 4 is 25.6 Å². The van der Waals surface area contributed by atoms with Crippen molar-refractivity contribution < 1.29 is 21.6 Å². The number of amides is 1. The molecule has 0 radical (unpaired) electrons. The van der Waals surface area contributed by atoms with Crippen LogP contribution in [-0.4, -0.2) is 48.0 Å². The summed E-state index contributed by atoms with van der Waals surface area (Å²) < 4.78 is 47.5. The van der Waals surface area contributed by atoms with Gasteiger partial charge in [-0.3, -0.25) is 10.1 Å². The zero-order chi connectivity index (χ0) is 28.1. The van der Waals surface area contributed by atoms with E-state index in [2.05, 4.69) is 10.6 Å². The maximum Gasteiger partial charge on any atom is 0.238 e. The quantitative estimate of drug-likeness (QED) is 0.308. The number of nitrogens with two attached hydrogens (primary N) is 1. The van der Waals surface area contributed by atoms with Crippen molar-refractivity contribution in [2.24, 2.45) is 11.7 Å². The first kappa shape index (κ1) is 29.5. The molecule has 0 spiro atoms. The number of sulfone groups is 2. The number of rotatable bonds is 11. The van der Waals surface area contributed by atoms with Gasteiger partial charge >= 0.3 is 0 Å². The van der Waals surface area contributed by atoms with Crippen LogP contribution in [0.2, 0.25) is 0 Å². The van der Waals surface area contributed by atoms with Crippen LogP contribution in [0, 0.1) is 5.92 Å². The Morgan fingerprint density at radius 1 is 0.737 bits per heavy atom. The number of benzene rings is 3. The Morgan fingerprint density at radius 3 is 1.53 bits per heavy atom. The highest BCUT2D eigenvalue weighted by Gasteiger charge is 2.25. The Kier molecular flexibility index (Phi) is 9.48. The number of nitrogens with one attached hydrogen (secondary N) is 2. The van der Waals surface area contributed by atoms with Gasteiger partial charge in [0.1, 0.15) is 0 Å². The van der Waals surface area contributed by atoms with Gasteiger partial charge in [-0.25, -0.2) is 16.8 Å². The third-order valence-corrected chi connectivity index (χ3v) is 8.43. The Balaban J connectivity index is 1.99. The van der Waals surface area contributed by atoms with E-state index in [-0.39, 0.29) is 28.3 Å². The summed E-state index contributed by atoms with van der Waals surface area (Å²) in [5.41, 5.74) is 9.01. The van der Waals surface area contributed by atoms with E-state index in [9.17, 15) is 21.6 Å². The third kappa shape index (κ3) is 7.73. The SMILES string of the molecule is CC(C)C[C@H](NC(c1ccc(-c2ccc(S(C)(=O)=O)cc2)cc1)c1ccc(S(C)(=O)=O)cc1)C(=O)NCN. The van der Waals surface area contributed by atoms with E-state index < -0.39 is 31.8 Å². The molecule has 0 aliphatic carbocycles. The van der Waals surface area contributed by atoms with Crippen LogP contribution in [0.1, 0.15) is 37.4 Å². The fourth-order valence-electron chi connectivity index (χ4n) is 4.20.